The number of ether oxygens (including phenoxy) is 1. The molecule has 0 saturated carbocycles. The number of para-hydroxylation sites is 1. The summed E-state index contributed by atoms with van der Waals surface area (Å²) in [4.78, 5) is 26.8. The van der Waals surface area contributed by atoms with Gasteiger partial charge in [0.15, 0.2) is 0 Å². The van der Waals surface area contributed by atoms with Gasteiger partial charge < -0.3 is 15.0 Å². The van der Waals surface area contributed by atoms with Crippen LogP contribution < -0.4 is 10.1 Å². The number of nitrogens with zero attached hydrogens (tertiary/aromatic N) is 1. The minimum atomic E-state index is -0.195. The lowest BCUT2D eigenvalue weighted by atomic mass is 10.1. The summed E-state index contributed by atoms with van der Waals surface area (Å²) in [6, 6.07) is 17.5. The molecule has 0 bridgehead atoms. The van der Waals surface area contributed by atoms with Crippen molar-refractivity contribution in [3.8, 4) is 5.75 Å². The van der Waals surface area contributed by atoms with E-state index in [-0.39, 0.29) is 17.9 Å². The molecular weight excluding hydrogens is 352 g/mol. The first kappa shape index (κ1) is 18.0. The van der Waals surface area contributed by atoms with Crippen molar-refractivity contribution in [3.63, 3.8) is 0 Å². The fraction of sp³-hybridized carbons (Fsp3) is 0.217. The van der Waals surface area contributed by atoms with Crippen LogP contribution in [0.15, 0.2) is 72.5 Å². The number of carbonyl (C=O) groups is 2. The Morgan fingerprint density at radius 1 is 1.11 bits per heavy atom. The number of benzene rings is 2. The molecule has 0 aromatic heterocycles. The van der Waals surface area contributed by atoms with E-state index in [1.807, 2.05) is 47.4 Å². The maximum atomic E-state index is 12.7. The first-order valence-electron chi connectivity index (χ1n) is 9.45. The summed E-state index contributed by atoms with van der Waals surface area (Å²) >= 11 is 0. The van der Waals surface area contributed by atoms with Gasteiger partial charge in [-0.2, -0.15) is 0 Å². The predicted molar refractivity (Wildman–Crippen MR) is 107 cm³/mol. The Morgan fingerprint density at radius 3 is 2.75 bits per heavy atom. The van der Waals surface area contributed by atoms with Gasteiger partial charge in [-0.05, 0) is 30.2 Å². The SMILES string of the molecule is O=C(NC1CC(=O)N(CCc2ccccc2)C1)C1=Cc2ccccc2OC=C1. The monoisotopic (exact) mass is 374 g/mol. The summed E-state index contributed by atoms with van der Waals surface area (Å²) in [5.74, 6) is 0.601. The number of amides is 2. The summed E-state index contributed by atoms with van der Waals surface area (Å²) < 4.78 is 5.53. The fourth-order valence-electron chi connectivity index (χ4n) is 3.51. The lowest BCUT2D eigenvalue weighted by Gasteiger charge is -2.17. The highest BCUT2D eigenvalue weighted by Crippen LogP contribution is 2.24. The topological polar surface area (TPSA) is 58.6 Å². The summed E-state index contributed by atoms with van der Waals surface area (Å²) in [6.45, 7) is 1.21. The molecule has 1 fully saturated rings. The van der Waals surface area contributed by atoms with Crippen molar-refractivity contribution < 1.29 is 14.3 Å². The van der Waals surface area contributed by atoms with Gasteiger partial charge in [0.25, 0.3) is 5.91 Å². The highest BCUT2D eigenvalue weighted by atomic mass is 16.5. The van der Waals surface area contributed by atoms with E-state index < -0.39 is 0 Å². The van der Waals surface area contributed by atoms with Gasteiger partial charge in [-0.15, -0.1) is 0 Å². The van der Waals surface area contributed by atoms with Crippen LogP contribution in [0, 0.1) is 0 Å². The van der Waals surface area contributed by atoms with E-state index in [4.69, 9.17) is 4.74 Å². The Kier molecular flexibility index (Phi) is 5.24. The van der Waals surface area contributed by atoms with E-state index >= 15 is 0 Å². The van der Waals surface area contributed by atoms with E-state index in [9.17, 15) is 9.59 Å². The Labute approximate surface area is 164 Å². The maximum Gasteiger partial charge on any atom is 0.251 e. The zero-order chi connectivity index (χ0) is 19.3. The van der Waals surface area contributed by atoms with Crippen LogP contribution in [0.4, 0.5) is 0 Å². The number of carbonyl (C=O) groups excluding carboxylic acids is 2. The number of rotatable bonds is 5. The highest BCUT2D eigenvalue weighted by Gasteiger charge is 2.30. The number of hydrogen-bond acceptors (Lipinski definition) is 3. The molecule has 1 unspecified atom stereocenters. The number of likely N-dealkylation sites (tertiary alicyclic amines) is 1. The fourth-order valence-corrected chi connectivity index (χ4v) is 3.51. The van der Waals surface area contributed by atoms with Crippen LogP contribution in [0.1, 0.15) is 17.5 Å². The van der Waals surface area contributed by atoms with Crippen LogP contribution in [-0.2, 0) is 16.0 Å². The standard InChI is InChI=1S/C23H22N2O3/c26-22-15-20(16-25(22)12-10-17-6-2-1-3-7-17)24-23(27)19-11-13-28-21-9-5-4-8-18(21)14-19/h1-9,11,13-14,20H,10,12,15-16H2,(H,24,27). The quantitative estimate of drug-likeness (QED) is 0.875. The van der Waals surface area contributed by atoms with Gasteiger partial charge in [-0.1, -0.05) is 48.5 Å². The van der Waals surface area contributed by atoms with Gasteiger partial charge in [0.05, 0.1) is 12.3 Å². The summed E-state index contributed by atoms with van der Waals surface area (Å²) in [5.41, 5.74) is 2.57. The van der Waals surface area contributed by atoms with Gasteiger partial charge in [0.1, 0.15) is 5.75 Å². The second-order valence-electron chi connectivity index (χ2n) is 7.01. The number of nitrogens with one attached hydrogen (secondary N) is 1. The van der Waals surface area contributed by atoms with Crippen molar-refractivity contribution in [3.05, 3.63) is 83.6 Å². The van der Waals surface area contributed by atoms with Gasteiger partial charge in [-0.3, -0.25) is 9.59 Å². The Morgan fingerprint density at radius 2 is 1.89 bits per heavy atom. The Hall–Kier alpha value is -3.34. The molecule has 2 aliphatic rings. The lowest BCUT2D eigenvalue weighted by Crippen LogP contribution is -2.38. The second kappa shape index (κ2) is 8.13. The zero-order valence-corrected chi connectivity index (χ0v) is 15.5. The van der Waals surface area contributed by atoms with Crippen LogP contribution in [0.3, 0.4) is 0 Å². The molecule has 5 heteroatoms. The number of fused-ring (bicyclic) bond motifs is 1. The zero-order valence-electron chi connectivity index (χ0n) is 15.5. The molecule has 2 aromatic rings. The molecule has 5 nitrogen and oxygen atoms in total. The van der Waals surface area contributed by atoms with Crippen molar-refractivity contribution in [2.45, 2.75) is 18.9 Å². The molecule has 1 atom stereocenters. The van der Waals surface area contributed by atoms with Crippen molar-refractivity contribution in [1.29, 1.82) is 0 Å². The second-order valence-corrected chi connectivity index (χ2v) is 7.01. The summed E-state index contributed by atoms with van der Waals surface area (Å²) in [6.07, 6.45) is 6.13. The first-order valence-corrected chi connectivity index (χ1v) is 9.45. The summed E-state index contributed by atoms with van der Waals surface area (Å²) in [5, 5.41) is 2.99. The molecule has 2 heterocycles. The molecule has 2 aromatic carbocycles. The van der Waals surface area contributed by atoms with Crippen molar-refractivity contribution in [1.82, 2.24) is 10.2 Å². The van der Waals surface area contributed by atoms with Crippen LogP contribution >= 0.6 is 0 Å². The molecule has 1 saturated heterocycles. The third-order valence-corrected chi connectivity index (χ3v) is 5.00. The molecule has 2 amide bonds. The van der Waals surface area contributed by atoms with E-state index in [0.29, 0.717) is 30.8 Å². The van der Waals surface area contributed by atoms with Crippen LogP contribution in [0.2, 0.25) is 0 Å². The van der Waals surface area contributed by atoms with Crippen molar-refractivity contribution in [2.24, 2.45) is 0 Å². The highest BCUT2D eigenvalue weighted by molar-refractivity contribution is 6.01. The smallest absolute Gasteiger partial charge is 0.251 e. The maximum absolute atomic E-state index is 12.7. The average Bonchev–Trinajstić information content (AvgIpc) is 2.92. The van der Waals surface area contributed by atoms with E-state index in [1.54, 1.807) is 12.2 Å². The summed E-state index contributed by atoms with van der Waals surface area (Å²) in [7, 11) is 0. The van der Waals surface area contributed by atoms with Gasteiger partial charge >= 0.3 is 0 Å². The molecular formula is C23H22N2O3. The minimum Gasteiger partial charge on any atom is -0.464 e. The van der Waals surface area contributed by atoms with E-state index in [2.05, 4.69) is 17.4 Å². The predicted octanol–water partition coefficient (Wildman–Crippen LogP) is 2.94. The average molecular weight is 374 g/mol. The molecule has 1 N–H and O–H groups in total. The van der Waals surface area contributed by atoms with Gasteiger partial charge in [0.2, 0.25) is 5.91 Å². The van der Waals surface area contributed by atoms with Crippen molar-refractivity contribution >= 4 is 17.9 Å². The molecule has 2 aliphatic heterocycles. The molecule has 28 heavy (non-hydrogen) atoms. The lowest BCUT2D eigenvalue weighted by molar-refractivity contribution is -0.127. The van der Waals surface area contributed by atoms with Gasteiger partial charge in [-0.25, -0.2) is 0 Å². The molecule has 0 aliphatic carbocycles. The van der Waals surface area contributed by atoms with E-state index in [1.165, 1.54) is 11.8 Å². The molecule has 0 spiro atoms. The van der Waals surface area contributed by atoms with Gasteiger partial charge in [0, 0.05) is 30.6 Å². The van der Waals surface area contributed by atoms with Crippen molar-refractivity contribution in [2.75, 3.05) is 13.1 Å². The normalized spacial score (nSPS) is 18.1. The Bertz CT molecular complexity index is 934. The third-order valence-electron chi connectivity index (χ3n) is 5.00. The Balaban J connectivity index is 1.36. The largest absolute Gasteiger partial charge is 0.464 e. The van der Waals surface area contributed by atoms with Crippen LogP contribution in [0.25, 0.3) is 6.08 Å². The van der Waals surface area contributed by atoms with Crippen LogP contribution in [-0.4, -0.2) is 35.8 Å². The third kappa shape index (κ3) is 4.14. The molecule has 4 rings (SSSR count). The molecule has 142 valence electrons. The molecule has 0 radical (unpaired) electrons. The van der Waals surface area contributed by atoms with Crippen LogP contribution in [0.5, 0.6) is 5.75 Å². The minimum absolute atomic E-state index is 0.0836. The number of hydrogen-bond donors (Lipinski definition) is 1. The van der Waals surface area contributed by atoms with E-state index in [0.717, 1.165) is 12.0 Å². The first-order chi connectivity index (χ1) is 13.7.